The lowest BCUT2D eigenvalue weighted by Crippen LogP contribution is -2.49. The van der Waals surface area contributed by atoms with Crippen LogP contribution >= 0.6 is 0 Å². The van der Waals surface area contributed by atoms with Crippen LogP contribution in [0.4, 0.5) is 10.5 Å². The molecule has 1 aliphatic rings. The molecule has 0 aromatic heterocycles. The normalized spacial score (nSPS) is 18.5. The Morgan fingerprint density at radius 2 is 2.22 bits per heavy atom. The molecule has 2 amide bonds. The number of nitrogens with zero attached hydrogens (tertiary/aromatic N) is 1. The molecule has 1 aromatic carbocycles. The fourth-order valence-corrected chi connectivity index (χ4v) is 2.94. The predicted octanol–water partition coefficient (Wildman–Crippen LogP) is 3.38. The van der Waals surface area contributed by atoms with E-state index in [4.69, 9.17) is 4.74 Å². The Labute approximate surface area is 138 Å². The molecule has 5 heteroatoms. The van der Waals surface area contributed by atoms with Crippen LogP contribution < -0.4 is 5.32 Å². The fraction of sp³-hybridized carbons (Fsp3) is 0.611. The van der Waals surface area contributed by atoms with E-state index in [0.29, 0.717) is 13.2 Å². The van der Waals surface area contributed by atoms with Gasteiger partial charge in [0.25, 0.3) is 0 Å². The van der Waals surface area contributed by atoms with Crippen LogP contribution in [0, 0.1) is 0 Å². The van der Waals surface area contributed by atoms with E-state index in [-0.39, 0.29) is 18.2 Å². The van der Waals surface area contributed by atoms with E-state index >= 15 is 0 Å². The van der Waals surface area contributed by atoms with Crippen LogP contribution in [0.1, 0.15) is 46.1 Å². The summed E-state index contributed by atoms with van der Waals surface area (Å²) >= 11 is 0. The quantitative estimate of drug-likeness (QED) is 0.874. The maximum Gasteiger partial charge on any atom is 0.322 e. The Hall–Kier alpha value is -1.59. The molecule has 0 radical (unpaired) electrons. The van der Waals surface area contributed by atoms with Gasteiger partial charge in [0.2, 0.25) is 0 Å². The summed E-state index contributed by atoms with van der Waals surface area (Å²) in [4.78, 5) is 14.3. The third-order valence-corrected chi connectivity index (χ3v) is 4.09. The number of ether oxygens (including phenoxy) is 1. The molecule has 23 heavy (non-hydrogen) atoms. The summed E-state index contributed by atoms with van der Waals surface area (Å²) in [5, 5.41) is 13.2. The topological polar surface area (TPSA) is 61.8 Å². The Morgan fingerprint density at radius 3 is 2.87 bits per heavy atom. The van der Waals surface area contributed by atoms with Gasteiger partial charge in [-0.1, -0.05) is 12.1 Å². The van der Waals surface area contributed by atoms with Gasteiger partial charge in [0.1, 0.15) is 0 Å². The number of aliphatic hydroxyl groups is 1. The monoisotopic (exact) mass is 320 g/mol. The molecule has 0 bridgehead atoms. The van der Waals surface area contributed by atoms with E-state index in [0.717, 1.165) is 24.1 Å². The molecule has 128 valence electrons. The highest BCUT2D eigenvalue weighted by atomic mass is 16.5. The predicted molar refractivity (Wildman–Crippen MR) is 91.4 cm³/mol. The standard InChI is InChI=1S/C18H28N2O3/c1-13(2)23-12-14-7-5-8-15(11-14)19-17(21)20-10-6-9-16(20)18(3,4)22/h5,7-8,11,13,16,22H,6,9-10,12H2,1-4H3,(H,19,21). The van der Waals surface area contributed by atoms with Crippen molar-refractivity contribution >= 4 is 11.7 Å². The molecular formula is C18H28N2O3. The summed E-state index contributed by atoms with van der Waals surface area (Å²) in [7, 11) is 0. The van der Waals surface area contributed by atoms with Crippen LogP contribution in [0.25, 0.3) is 0 Å². The third-order valence-electron chi connectivity index (χ3n) is 4.09. The van der Waals surface area contributed by atoms with Crippen molar-refractivity contribution in [1.82, 2.24) is 4.90 Å². The number of carbonyl (C=O) groups is 1. The van der Waals surface area contributed by atoms with Crippen LogP contribution in [0.5, 0.6) is 0 Å². The second-order valence-corrected chi connectivity index (χ2v) is 7.00. The van der Waals surface area contributed by atoms with Crippen molar-refractivity contribution in [3.05, 3.63) is 29.8 Å². The first-order valence-corrected chi connectivity index (χ1v) is 8.28. The van der Waals surface area contributed by atoms with Gasteiger partial charge in [-0.15, -0.1) is 0 Å². The summed E-state index contributed by atoms with van der Waals surface area (Å²) in [5.41, 5.74) is 0.888. The van der Waals surface area contributed by atoms with Gasteiger partial charge >= 0.3 is 6.03 Å². The van der Waals surface area contributed by atoms with Gasteiger partial charge in [-0.05, 0) is 58.2 Å². The molecule has 1 aliphatic heterocycles. The number of nitrogens with one attached hydrogen (secondary N) is 1. The van der Waals surface area contributed by atoms with Crippen LogP contribution in [0.3, 0.4) is 0 Å². The zero-order valence-corrected chi connectivity index (χ0v) is 14.5. The average Bonchev–Trinajstić information content (AvgIpc) is 2.95. The molecule has 0 aliphatic carbocycles. The average molecular weight is 320 g/mol. The van der Waals surface area contributed by atoms with Gasteiger partial charge in [-0.2, -0.15) is 0 Å². The zero-order valence-electron chi connectivity index (χ0n) is 14.5. The minimum atomic E-state index is -0.888. The van der Waals surface area contributed by atoms with Crippen molar-refractivity contribution in [1.29, 1.82) is 0 Å². The van der Waals surface area contributed by atoms with E-state index < -0.39 is 5.60 Å². The van der Waals surface area contributed by atoms with Crippen LogP contribution in [0.2, 0.25) is 0 Å². The first kappa shape index (κ1) is 17.8. The Morgan fingerprint density at radius 1 is 1.48 bits per heavy atom. The first-order chi connectivity index (χ1) is 10.8. The summed E-state index contributed by atoms with van der Waals surface area (Å²) in [5.74, 6) is 0. The Kier molecular flexibility index (Phi) is 5.65. The second-order valence-electron chi connectivity index (χ2n) is 7.00. The number of hydrogen-bond donors (Lipinski definition) is 2. The molecule has 0 saturated carbocycles. The second kappa shape index (κ2) is 7.32. The number of carbonyl (C=O) groups excluding carboxylic acids is 1. The van der Waals surface area contributed by atoms with Gasteiger partial charge < -0.3 is 20.1 Å². The highest BCUT2D eigenvalue weighted by molar-refractivity contribution is 5.89. The largest absolute Gasteiger partial charge is 0.388 e. The summed E-state index contributed by atoms with van der Waals surface area (Å²) in [6.45, 7) is 8.71. The molecule has 1 saturated heterocycles. The third kappa shape index (κ3) is 4.94. The lowest BCUT2D eigenvalue weighted by atomic mass is 9.97. The van der Waals surface area contributed by atoms with Crippen molar-refractivity contribution in [2.45, 2.75) is 64.9 Å². The van der Waals surface area contributed by atoms with Crippen molar-refractivity contribution < 1.29 is 14.6 Å². The summed E-state index contributed by atoms with van der Waals surface area (Å²) in [6, 6.07) is 7.38. The maximum absolute atomic E-state index is 12.5. The number of amides is 2. The lowest BCUT2D eigenvalue weighted by molar-refractivity contribution is 0.0117. The minimum Gasteiger partial charge on any atom is -0.388 e. The highest BCUT2D eigenvalue weighted by Crippen LogP contribution is 2.27. The van der Waals surface area contributed by atoms with E-state index in [1.54, 1.807) is 18.7 Å². The van der Waals surface area contributed by atoms with Crippen LogP contribution in [0.15, 0.2) is 24.3 Å². The van der Waals surface area contributed by atoms with Crippen molar-refractivity contribution in [2.75, 3.05) is 11.9 Å². The molecular weight excluding hydrogens is 292 g/mol. The van der Waals surface area contributed by atoms with E-state index in [1.807, 2.05) is 38.1 Å². The molecule has 2 rings (SSSR count). The van der Waals surface area contributed by atoms with Crippen LogP contribution in [-0.4, -0.2) is 40.3 Å². The van der Waals surface area contributed by atoms with Gasteiger partial charge in [-0.25, -0.2) is 4.79 Å². The van der Waals surface area contributed by atoms with Crippen molar-refractivity contribution in [3.63, 3.8) is 0 Å². The number of rotatable bonds is 5. The SMILES string of the molecule is CC(C)OCc1cccc(NC(=O)N2CCCC2C(C)(C)O)c1. The van der Waals surface area contributed by atoms with Gasteiger partial charge in [-0.3, -0.25) is 0 Å². The molecule has 0 spiro atoms. The maximum atomic E-state index is 12.5. The van der Waals surface area contributed by atoms with Gasteiger partial charge in [0.15, 0.2) is 0 Å². The van der Waals surface area contributed by atoms with Crippen molar-refractivity contribution in [3.8, 4) is 0 Å². The number of benzene rings is 1. The highest BCUT2D eigenvalue weighted by Gasteiger charge is 2.38. The number of urea groups is 1. The smallest absolute Gasteiger partial charge is 0.322 e. The molecule has 1 atom stereocenters. The van der Waals surface area contributed by atoms with E-state index in [9.17, 15) is 9.90 Å². The van der Waals surface area contributed by atoms with Crippen molar-refractivity contribution in [2.24, 2.45) is 0 Å². The zero-order chi connectivity index (χ0) is 17.0. The lowest BCUT2D eigenvalue weighted by Gasteiger charge is -2.33. The number of anilines is 1. The van der Waals surface area contributed by atoms with E-state index in [2.05, 4.69) is 5.32 Å². The molecule has 1 heterocycles. The molecule has 2 N–H and O–H groups in total. The number of hydrogen-bond acceptors (Lipinski definition) is 3. The first-order valence-electron chi connectivity index (χ1n) is 8.28. The number of likely N-dealkylation sites (tertiary alicyclic amines) is 1. The minimum absolute atomic E-state index is 0.144. The summed E-state index contributed by atoms with van der Waals surface area (Å²) in [6.07, 6.45) is 1.93. The molecule has 1 fully saturated rings. The molecule has 5 nitrogen and oxygen atoms in total. The van der Waals surface area contributed by atoms with E-state index in [1.165, 1.54) is 0 Å². The van der Waals surface area contributed by atoms with Gasteiger partial charge in [0.05, 0.1) is 24.4 Å². The summed E-state index contributed by atoms with van der Waals surface area (Å²) < 4.78 is 5.59. The Bertz CT molecular complexity index is 537. The fourth-order valence-electron chi connectivity index (χ4n) is 2.94. The molecule has 1 unspecified atom stereocenters. The van der Waals surface area contributed by atoms with Crippen LogP contribution in [-0.2, 0) is 11.3 Å². The molecule has 1 aromatic rings. The Balaban J connectivity index is 2.01. The van der Waals surface area contributed by atoms with Gasteiger partial charge in [0, 0.05) is 12.2 Å².